The van der Waals surface area contributed by atoms with Crippen LogP contribution in [0.25, 0.3) is 11.0 Å². The van der Waals surface area contributed by atoms with Crippen molar-refractivity contribution in [2.45, 2.75) is 26.7 Å². The van der Waals surface area contributed by atoms with E-state index in [0.717, 1.165) is 11.0 Å². The highest BCUT2D eigenvalue weighted by Gasteiger charge is 2.09. The van der Waals surface area contributed by atoms with Crippen molar-refractivity contribution in [3.05, 3.63) is 23.3 Å². The molecule has 0 atom stereocenters. The standard InChI is InChI=1S/C10H14BN3/c1-6(2)8-4-5-9-10(7(8)3)12-13-14(9)11/h4-6H,11H2,1-3H3. The van der Waals surface area contributed by atoms with E-state index in [4.69, 9.17) is 0 Å². The number of nitrogens with zero attached hydrogens (tertiary/aromatic N) is 3. The van der Waals surface area contributed by atoms with Gasteiger partial charge in [0.2, 0.25) is 0 Å². The van der Waals surface area contributed by atoms with Crippen LogP contribution in [0, 0.1) is 6.92 Å². The van der Waals surface area contributed by atoms with Gasteiger partial charge >= 0.3 is 0 Å². The smallest absolute Gasteiger partial charge is 0.252 e. The second kappa shape index (κ2) is 3.12. The fourth-order valence-electron chi connectivity index (χ4n) is 1.87. The summed E-state index contributed by atoms with van der Waals surface area (Å²) in [5.74, 6) is 0.543. The van der Waals surface area contributed by atoms with Gasteiger partial charge in [-0.1, -0.05) is 25.1 Å². The minimum Gasteiger partial charge on any atom is -0.300 e. The maximum atomic E-state index is 4.17. The van der Waals surface area contributed by atoms with E-state index in [0.29, 0.717) is 5.92 Å². The molecule has 3 nitrogen and oxygen atoms in total. The van der Waals surface area contributed by atoms with E-state index in [1.165, 1.54) is 11.1 Å². The fraction of sp³-hybridized carbons (Fsp3) is 0.400. The van der Waals surface area contributed by atoms with E-state index < -0.39 is 0 Å². The van der Waals surface area contributed by atoms with Crippen molar-refractivity contribution in [3.8, 4) is 0 Å². The van der Waals surface area contributed by atoms with E-state index in [2.05, 4.69) is 43.2 Å². The van der Waals surface area contributed by atoms with Crippen LogP contribution in [0.4, 0.5) is 0 Å². The van der Waals surface area contributed by atoms with Gasteiger partial charge in [0.05, 0.1) is 5.52 Å². The lowest BCUT2D eigenvalue weighted by Gasteiger charge is -2.09. The molecule has 0 unspecified atom stereocenters. The van der Waals surface area contributed by atoms with Gasteiger partial charge in [0, 0.05) is 0 Å². The molecule has 0 aliphatic rings. The van der Waals surface area contributed by atoms with E-state index in [1.807, 2.05) is 12.6 Å². The Balaban J connectivity index is 2.76. The summed E-state index contributed by atoms with van der Waals surface area (Å²) in [6.45, 7) is 6.52. The van der Waals surface area contributed by atoms with Crippen LogP contribution in [0.2, 0.25) is 0 Å². The van der Waals surface area contributed by atoms with Gasteiger partial charge in [-0.05, 0) is 30.0 Å². The zero-order valence-corrected chi connectivity index (χ0v) is 9.07. The largest absolute Gasteiger partial charge is 0.300 e. The average Bonchev–Trinajstić information content (AvgIpc) is 2.49. The predicted octanol–water partition coefficient (Wildman–Crippen LogP) is 1.26. The monoisotopic (exact) mass is 187 g/mol. The van der Waals surface area contributed by atoms with Crippen molar-refractivity contribution >= 4 is 19.0 Å². The summed E-state index contributed by atoms with van der Waals surface area (Å²) >= 11 is 0. The van der Waals surface area contributed by atoms with E-state index >= 15 is 0 Å². The maximum Gasteiger partial charge on any atom is 0.252 e. The molecule has 0 bridgehead atoms. The van der Waals surface area contributed by atoms with Crippen molar-refractivity contribution < 1.29 is 0 Å². The SMILES string of the molecule is Bn1nnc2c(C)c(C(C)C)ccc21. The molecule has 2 rings (SSSR count). The van der Waals surface area contributed by atoms with Crippen LogP contribution >= 0.6 is 0 Å². The van der Waals surface area contributed by atoms with Gasteiger partial charge in [-0.25, -0.2) is 0 Å². The summed E-state index contributed by atoms with van der Waals surface area (Å²) in [7, 11) is 1.92. The lowest BCUT2D eigenvalue weighted by atomic mass is 9.97. The number of hydrogen-bond acceptors (Lipinski definition) is 2. The Kier molecular flexibility index (Phi) is 2.06. The third-order valence-electron chi connectivity index (χ3n) is 2.70. The normalized spacial score (nSPS) is 11.4. The van der Waals surface area contributed by atoms with Crippen molar-refractivity contribution in [2.24, 2.45) is 0 Å². The molecule has 0 radical (unpaired) electrons. The van der Waals surface area contributed by atoms with Crippen molar-refractivity contribution in [2.75, 3.05) is 0 Å². The summed E-state index contributed by atoms with van der Waals surface area (Å²) in [5.41, 5.74) is 4.74. The quantitative estimate of drug-likeness (QED) is 0.629. The Hall–Kier alpha value is -1.32. The molecule has 0 saturated carbocycles. The Morgan fingerprint density at radius 3 is 2.71 bits per heavy atom. The number of aromatic nitrogens is 3. The van der Waals surface area contributed by atoms with Gasteiger partial charge in [-0.15, -0.1) is 5.10 Å². The number of hydrogen-bond donors (Lipinski definition) is 0. The highest BCUT2D eigenvalue weighted by molar-refractivity contribution is 6.10. The predicted molar refractivity (Wildman–Crippen MR) is 60.3 cm³/mol. The minimum atomic E-state index is 0.543. The number of aryl methyl sites for hydroxylation is 1. The Morgan fingerprint density at radius 2 is 2.07 bits per heavy atom. The molecule has 1 heterocycles. The summed E-state index contributed by atoms with van der Waals surface area (Å²) < 4.78 is 1.81. The molecule has 4 heteroatoms. The van der Waals surface area contributed by atoms with Gasteiger partial charge in [0.15, 0.2) is 0 Å². The highest BCUT2D eigenvalue weighted by atomic mass is 15.4. The van der Waals surface area contributed by atoms with Crippen LogP contribution in [-0.4, -0.2) is 22.9 Å². The first-order valence-electron chi connectivity index (χ1n) is 4.90. The summed E-state index contributed by atoms with van der Waals surface area (Å²) in [6.07, 6.45) is 0. The molecule has 0 aliphatic heterocycles. The van der Waals surface area contributed by atoms with E-state index in [9.17, 15) is 0 Å². The van der Waals surface area contributed by atoms with Crippen molar-refractivity contribution in [3.63, 3.8) is 0 Å². The highest BCUT2D eigenvalue weighted by Crippen LogP contribution is 2.24. The first-order valence-corrected chi connectivity index (χ1v) is 4.90. The number of rotatable bonds is 1. The molecule has 0 aliphatic carbocycles. The lowest BCUT2D eigenvalue weighted by molar-refractivity contribution is 0.858. The topological polar surface area (TPSA) is 30.7 Å². The number of benzene rings is 1. The van der Waals surface area contributed by atoms with E-state index in [1.54, 1.807) is 0 Å². The molecule has 0 amide bonds. The molecule has 1 aromatic carbocycles. The minimum absolute atomic E-state index is 0.543. The first-order chi connectivity index (χ1) is 6.61. The molecule has 2 aromatic rings. The summed E-state index contributed by atoms with van der Waals surface area (Å²) in [6, 6.07) is 4.27. The molecule has 0 saturated heterocycles. The summed E-state index contributed by atoms with van der Waals surface area (Å²) in [4.78, 5) is 0. The molecule has 1 aromatic heterocycles. The van der Waals surface area contributed by atoms with Gasteiger partial charge in [-0.2, -0.15) is 0 Å². The van der Waals surface area contributed by atoms with E-state index in [-0.39, 0.29) is 0 Å². The zero-order valence-electron chi connectivity index (χ0n) is 9.07. The maximum absolute atomic E-state index is 4.17. The Bertz CT molecular complexity index is 473. The first kappa shape index (κ1) is 9.25. The van der Waals surface area contributed by atoms with Crippen LogP contribution < -0.4 is 0 Å². The third-order valence-corrected chi connectivity index (χ3v) is 2.70. The number of fused-ring (bicyclic) bond motifs is 1. The molecule has 0 spiro atoms. The molecular formula is C10H14BN3. The second-order valence-electron chi connectivity index (χ2n) is 4.02. The van der Waals surface area contributed by atoms with Crippen LogP contribution in [-0.2, 0) is 0 Å². The van der Waals surface area contributed by atoms with Crippen LogP contribution in [0.1, 0.15) is 30.9 Å². The Morgan fingerprint density at radius 1 is 1.36 bits per heavy atom. The molecular weight excluding hydrogens is 173 g/mol. The zero-order chi connectivity index (χ0) is 10.3. The third kappa shape index (κ3) is 1.22. The molecule has 0 fully saturated rings. The average molecular weight is 187 g/mol. The van der Waals surface area contributed by atoms with Gasteiger partial charge < -0.3 is 0 Å². The van der Waals surface area contributed by atoms with Gasteiger partial charge in [-0.3, -0.25) is 4.59 Å². The molecule has 14 heavy (non-hydrogen) atoms. The van der Waals surface area contributed by atoms with Crippen molar-refractivity contribution in [1.82, 2.24) is 14.9 Å². The van der Waals surface area contributed by atoms with Crippen LogP contribution in [0.5, 0.6) is 0 Å². The van der Waals surface area contributed by atoms with Gasteiger partial charge in [0.1, 0.15) is 5.52 Å². The Labute approximate surface area is 84.5 Å². The van der Waals surface area contributed by atoms with Gasteiger partial charge in [0.25, 0.3) is 7.98 Å². The van der Waals surface area contributed by atoms with Crippen LogP contribution in [0.15, 0.2) is 12.1 Å². The lowest BCUT2D eigenvalue weighted by Crippen LogP contribution is -1.95. The van der Waals surface area contributed by atoms with Crippen LogP contribution in [0.3, 0.4) is 0 Å². The molecule has 0 N–H and O–H groups in total. The van der Waals surface area contributed by atoms with Crippen molar-refractivity contribution in [1.29, 1.82) is 0 Å². The molecule has 72 valence electrons. The fourth-order valence-corrected chi connectivity index (χ4v) is 1.87. The second-order valence-corrected chi connectivity index (χ2v) is 4.02. The summed E-state index contributed by atoms with van der Waals surface area (Å²) in [5, 5.41) is 8.20.